The SMILES string of the molecule is CC(C)(C)[Si](C)(C)O/N=C1\c2ccccc2C(=O)[C@@]23OC(=O)C[C@@H]2OC[C@]13O. The first-order valence-electron chi connectivity index (χ1n) is 9.41. The van der Waals surface area contributed by atoms with Crippen LogP contribution in [0.15, 0.2) is 29.4 Å². The topological polar surface area (TPSA) is 94.4 Å². The zero-order valence-corrected chi connectivity index (χ0v) is 17.7. The van der Waals surface area contributed by atoms with Crippen LogP contribution >= 0.6 is 0 Å². The quantitative estimate of drug-likeness (QED) is 0.463. The molecule has 4 rings (SSSR count). The third kappa shape index (κ3) is 2.31. The Morgan fingerprint density at radius 1 is 1.21 bits per heavy atom. The molecule has 2 saturated heterocycles. The van der Waals surface area contributed by atoms with E-state index < -0.39 is 37.4 Å². The second-order valence-electron chi connectivity index (χ2n) is 9.24. The maximum absolute atomic E-state index is 13.4. The number of rotatable bonds is 2. The normalized spacial score (nSPS) is 33.4. The van der Waals surface area contributed by atoms with E-state index in [1.165, 1.54) is 0 Å². The molecule has 0 amide bonds. The van der Waals surface area contributed by atoms with Crippen LogP contribution in [0, 0.1) is 0 Å². The molecule has 1 N–H and O–H groups in total. The molecule has 28 heavy (non-hydrogen) atoms. The molecular formula is C20H25NO6Si. The lowest BCUT2D eigenvalue weighted by Gasteiger charge is -2.42. The van der Waals surface area contributed by atoms with E-state index in [4.69, 9.17) is 14.0 Å². The zero-order valence-electron chi connectivity index (χ0n) is 16.7. The van der Waals surface area contributed by atoms with E-state index in [0.29, 0.717) is 11.1 Å². The zero-order chi connectivity index (χ0) is 20.5. The van der Waals surface area contributed by atoms with Crippen molar-refractivity contribution in [1.29, 1.82) is 0 Å². The molecule has 2 heterocycles. The molecule has 3 atom stereocenters. The van der Waals surface area contributed by atoms with Crippen LogP contribution in [-0.4, -0.2) is 54.8 Å². The molecule has 0 radical (unpaired) electrons. The van der Waals surface area contributed by atoms with Gasteiger partial charge >= 0.3 is 5.97 Å². The number of oxime groups is 1. The average Bonchev–Trinajstić information content (AvgIpc) is 3.08. The van der Waals surface area contributed by atoms with Crippen LogP contribution < -0.4 is 0 Å². The highest BCUT2D eigenvalue weighted by Gasteiger charge is 2.76. The van der Waals surface area contributed by atoms with Crippen LogP contribution in [0.1, 0.15) is 43.1 Å². The van der Waals surface area contributed by atoms with Gasteiger partial charge in [0.2, 0.25) is 11.4 Å². The molecule has 8 heteroatoms. The van der Waals surface area contributed by atoms with Crippen LogP contribution in [0.2, 0.25) is 18.1 Å². The molecule has 0 saturated carbocycles. The van der Waals surface area contributed by atoms with Crippen molar-refractivity contribution in [2.45, 2.75) is 62.6 Å². The molecular weight excluding hydrogens is 378 g/mol. The third-order valence-corrected chi connectivity index (χ3v) is 10.7. The average molecular weight is 404 g/mol. The van der Waals surface area contributed by atoms with Crippen LogP contribution in [0.4, 0.5) is 0 Å². The van der Waals surface area contributed by atoms with Crippen LogP contribution in [0.3, 0.4) is 0 Å². The van der Waals surface area contributed by atoms with E-state index in [-0.39, 0.29) is 23.8 Å². The predicted molar refractivity (Wildman–Crippen MR) is 104 cm³/mol. The third-order valence-electron chi connectivity index (χ3n) is 6.52. The fourth-order valence-electron chi connectivity index (χ4n) is 3.79. The summed E-state index contributed by atoms with van der Waals surface area (Å²) in [4.78, 5) is 25.4. The number of hydrogen-bond acceptors (Lipinski definition) is 7. The van der Waals surface area contributed by atoms with Gasteiger partial charge in [-0.1, -0.05) is 45.0 Å². The largest absolute Gasteiger partial charge is 0.454 e. The first-order chi connectivity index (χ1) is 12.9. The van der Waals surface area contributed by atoms with Crippen molar-refractivity contribution in [2.75, 3.05) is 6.61 Å². The van der Waals surface area contributed by atoms with Crippen LogP contribution in [0.5, 0.6) is 0 Å². The predicted octanol–water partition coefficient (Wildman–Crippen LogP) is 2.42. The van der Waals surface area contributed by atoms with Gasteiger partial charge in [0.1, 0.15) is 11.8 Å². The molecule has 1 aromatic rings. The molecule has 1 spiro atoms. The highest BCUT2D eigenvalue weighted by molar-refractivity contribution is 6.74. The molecule has 2 aliphatic heterocycles. The van der Waals surface area contributed by atoms with Crippen molar-refractivity contribution < 1.29 is 28.7 Å². The van der Waals surface area contributed by atoms with Gasteiger partial charge in [-0.05, 0) is 18.1 Å². The second-order valence-corrected chi connectivity index (χ2v) is 13.9. The number of carbonyl (C=O) groups excluding carboxylic acids is 2. The Balaban J connectivity index is 1.90. The van der Waals surface area contributed by atoms with Crippen LogP contribution in [0.25, 0.3) is 0 Å². The molecule has 3 aliphatic rings. The summed E-state index contributed by atoms with van der Waals surface area (Å²) in [6.07, 6.45) is -0.920. The Morgan fingerprint density at radius 3 is 2.50 bits per heavy atom. The molecule has 150 valence electrons. The smallest absolute Gasteiger partial charge is 0.309 e. The van der Waals surface area contributed by atoms with Gasteiger partial charge in [-0.2, -0.15) is 0 Å². The Morgan fingerprint density at radius 2 is 1.86 bits per heavy atom. The Hall–Kier alpha value is -2.03. The minimum atomic E-state index is -2.29. The number of Topliss-reactive ketones (excluding diaryl/α,β-unsaturated/α-hetero) is 1. The van der Waals surface area contributed by atoms with Gasteiger partial charge in [0.05, 0.1) is 13.0 Å². The summed E-state index contributed by atoms with van der Waals surface area (Å²) < 4.78 is 17.2. The number of ether oxygens (including phenoxy) is 2. The molecule has 0 aromatic heterocycles. The fraction of sp³-hybridized carbons (Fsp3) is 0.550. The lowest BCUT2D eigenvalue weighted by atomic mass is 9.66. The van der Waals surface area contributed by atoms with Crippen molar-refractivity contribution >= 4 is 25.8 Å². The number of benzene rings is 1. The molecule has 0 bridgehead atoms. The van der Waals surface area contributed by atoms with Gasteiger partial charge in [-0.25, -0.2) is 0 Å². The molecule has 2 fully saturated rings. The summed E-state index contributed by atoms with van der Waals surface area (Å²) in [5.41, 5.74) is -2.70. The van der Waals surface area contributed by atoms with E-state index in [9.17, 15) is 14.7 Å². The summed E-state index contributed by atoms with van der Waals surface area (Å²) in [6, 6.07) is 6.86. The van der Waals surface area contributed by atoms with Gasteiger partial charge in [-0.3, -0.25) is 9.59 Å². The Labute approximate surface area is 164 Å². The van der Waals surface area contributed by atoms with Crippen molar-refractivity contribution in [1.82, 2.24) is 0 Å². The molecule has 1 aromatic carbocycles. The second kappa shape index (κ2) is 5.74. The van der Waals surface area contributed by atoms with Crippen LogP contribution in [-0.2, 0) is 18.8 Å². The molecule has 1 aliphatic carbocycles. The highest BCUT2D eigenvalue weighted by Crippen LogP contribution is 2.51. The van der Waals surface area contributed by atoms with E-state index >= 15 is 0 Å². The van der Waals surface area contributed by atoms with E-state index in [1.807, 2.05) is 13.1 Å². The first-order valence-corrected chi connectivity index (χ1v) is 12.3. The summed E-state index contributed by atoms with van der Waals surface area (Å²) in [5.74, 6) is -1.02. The van der Waals surface area contributed by atoms with Crippen molar-refractivity contribution in [3.63, 3.8) is 0 Å². The summed E-state index contributed by atoms with van der Waals surface area (Å²) in [6.45, 7) is 10.1. The standard InChI is InChI=1S/C20H25NO6Si/c1-18(2,3)28(4,5)27-21-16-12-8-6-7-9-13(12)17(23)20-14(10-15(22)26-20)25-11-19(16,20)24/h6-9,14,24H,10-11H2,1-5H3/b21-16+/t14-,19-,20-/m0/s1. The van der Waals surface area contributed by atoms with Gasteiger partial charge in [0, 0.05) is 11.1 Å². The number of ketones is 1. The van der Waals surface area contributed by atoms with Crippen molar-refractivity contribution in [3.8, 4) is 0 Å². The lowest BCUT2D eigenvalue weighted by Crippen LogP contribution is -2.68. The van der Waals surface area contributed by atoms with Crippen molar-refractivity contribution in [3.05, 3.63) is 35.4 Å². The number of esters is 1. The van der Waals surface area contributed by atoms with Gasteiger partial charge in [-0.15, -0.1) is 5.16 Å². The lowest BCUT2D eigenvalue weighted by molar-refractivity contribution is -0.155. The van der Waals surface area contributed by atoms with Crippen molar-refractivity contribution in [2.24, 2.45) is 5.16 Å². The molecule has 7 nitrogen and oxygen atoms in total. The fourth-order valence-corrected chi connectivity index (χ4v) is 4.39. The maximum Gasteiger partial charge on any atom is 0.309 e. The number of hydrogen-bond donors (Lipinski definition) is 1. The molecule has 0 unspecified atom stereocenters. The van der Waals surface area contributed by atoms with Gasteiger partial charge < -0.3 is 19.1 Å². The monoisotopic (exact) mass is 403 g/mol. The first kappa shape index (κ1) is 19.3. The minimum absolute atomic E-state index is 0.0768. The van der Waals surface area contributed by atoms with Gasteiger partial charge in [0.15, 0.2) is 5.60 Å². The summed E-state index contributed by atoms with van der Waals surface area (Å²) in [7, 11) is -2.29. The summed E-state index contributed by atoms with van der Waals surface area (Å²) >= 11 is 0. The van der Waals surface area contributed by atoms with Gasteiger partial charge in [0.25, 0.3) is 8.32 Å². The minimum Gasteiger partial charge on any atom is -0.454 e. The highest BCUT2D eigenvalue weighted by atomic mass is 28.4. The van der Waals surface area contributed by atoms with E-state index in [0.717, 1.165) is 0 Å². The number of carbonyl (C=O) groups is 2. The number of fused-ring (bicyclic) bond motifs is 1. The maximum atomic E-state index is 13.4. The Bertz CT molecular complexity index is 904. The van der Waals surface area contributed by atoms with E-state index in [2.05, 4.69) is 25.9 Å². The number of nitrogens with zero attached hydrogens (tertiary/aromatic N) is 1. The number of aliphatic hydroxyl groups is 1. The van der Waals surface area contributed by atoms with E-state index in [1.54, 1.807) is 24.3 Å². The Kier molecular flexibility index (Phi) is 3.96. The summed E-state index contributed by atoms with van der Waals surface area (Å²) in [5, 5.41) is 15.9.